The highest BCUT2D eigenvalue weighted by atomic mass is 79.9. The number of sulfonamides is 1. The van der Waals surface area contributed by atoms with Gasteiger partial charge < -0.3 is 15.0 Å². The van der Waals surface area contributed by atoms with Gasteiger partial charge in [0.15, 0.2) is 0 Å². The third-order valence-corrected chi connectivity index (χ3v) is 9.50. The Morgan fingerprint density at radius 3 is 2.22 bits per heavy atom. The molecule has 0 heterocycles. The standard InChI is InChI=1S/C31H36BrN3O5S/c1-3-40-28-17-19-29(20-18-28)41(38,39)35(27-11-5-4-6-12-27)22-30(36)34(21-24-13-15-25(32)16-14-24)23(2)31(37)33-26-9-7-8-10-26/h4-6,11-20,23,26H,3,7-10,21-22H2,1-2H3,(H,33,37)/t23-/m0/s1. The molecule has 218 valence electrons. The predicted molar refractivity (Wildman–Crippen MR) is 163 cm³/mol. The van der Waals surface area contributed by atoms with Crippen LogP contribution in [0, 0.1) is 0 Å². The molecule has 41 heavy (non-hydrogen) atoms. The van der Waals surface area contributed by atoms with Crippen LogP contribution in [-0.2, 0) is 26.2 Å². The van der Waals surface area contributed by atoms with E-state index >= 15 is 0 Å². The van der Waals surface area contributed by atoms with Crippen LogP contribution in [0.4, 0.5) is 5.69 Å². The third kappa shape index (κ3) is 7.89. The molecule has 8 nitrogen and oxygen atoms in total. The van der Waals surface area contributed by atoms with Crippen LogP contribution in [-0.4, -0.2) is 50.4 Å². The molecule has 3 aromatic carbocycles. The molecular weight excluding hydrogens is 606 g/mol. The van der Waals surface area contributed by atoms with Crippen molar-refractivity contribution in [1.29, 1.82) is 0 Å². The van der Waals surface area contributed by atoms with E-state index in [1.54, 1.807) is 49.4 Å². The van der Waals surface area contributed by atoms with E-state index in [9.17, 15) is 18.0 Å². The number of rotatable bonds is 12. The van der Waals surface area contributed by atoms with Crippen LogP contribution in [0.2, 0.25) is 0 Å². The van der Waals surface area contributed by atoms with Gasteiger partial charge in [-0.25, -0.2) is 8.42 Å². The second-order valence-electron chi connectivity index (χ2n) is 10.1. The summed E-state index contributed by atoms with van der Waals surface area (Å²) in [5.41, 5.74) is 1.17. The van der Waals surface area contributed by atoms with Gasteiger partial charge >= 0.3 is 0 Å². The number of anilines is 1. The zero-order valence-corrected chi connectivity index (χ0v) is 25.7. The molecule has 1 aliphatic carbocycles. The molecule has 1 N–H and O–H groups in total. The number of amides is 2. The quantitative estimate of drug-likeness (QED) is 0.281. The summed E-state index contributed by atoms with van der Waals surface area (Å²) in [5, 5.41) is 3.08. The number of para-hydroxylation sites is 1. The Bertz CT molecular complexity index is 1410. The van der Waals surface area contributed by atoms with Crippen LogP contribution >= 0.6 is 15.9 Å². The lowest BCUT2D eigenvalue weighted by Crippen LogP contribution is -2.52. The maximum atomic E-state index is 14.0. The number of benzene rings is 3. The van der Waals surface area contributed by atoms with Gasteiger partial charge in [-0.3, -0.25) is 13.9 Å². The van der Waals surface area contributed by atoms with E-state index in [0.717, 1.165) is 40.0 Å². The first kappa shape index (κ1) is 30.6. The lowest BCUT2D eigenvalue weighted by Gasteiger charge is -2.32. The minimum absolute atomic E-state index is 0.0316. The molecule has 0 spiro atoms. The molecule has 0 saturated heterocycles. The Kier molecular flexibility index (Phi) is 10.4. The van der Waals surface area contributed by atoms with Crippen molar-refractivity contribution in [3.63, 3.8) is 0 Å². The summed E-state index contributed by atoms with van der Waals surface area (Å²) in [5.74, 6) is -0.181. The number of hydrogen-bond acceptors (Lipinski definition) is 5. The van der Waals surface area contributed by atoms with Crippen LogP contribution in [0.15, 0.2) is 88.2 Å². The lowest BCUT2D eigenvalue weighted by molar-refractivity contribution is -0.139. The predicted octanol–water partition coefficient (Wildman–Crippen LogP) is 5.52. The van der Waals surface area contributed by atoms with Crippen molar-refractivity contribution in [2.75, 3.05) is 17.5 Å². The Hall–Kier alpha value is -3.37. The van der Waals surface area contributed by atoms with E-state index in [1.165, 1.54) is 17.0 Å². The van der Waals surface area contributed by atoms with Gasteiger partial charge in [0.1, 0.15) is 18.3 Å². The summed E-state index contributed by atoms with van der Waals surface area (Å²) in [6.45, 7) is 3.67. The zero-order valence-electron chi connectivity index (χ0n) is 23.3. The van der Waals surface area contributed by atoms with E-state index in [0.29, 0.717) is 18.0 Å². The highest BCUT2D eigenvalue weighted by molar-refractivity contribution is 9.10. The fourth-order valence-corrected chi connectivity index (χ4v) is 6.56. The second kappa shape index (κ2) is 14.0. The SMILES string of the molecule is CCOc1ccc(S(=O)(=O)N(CC(=O)N(Cc2ccc(Br)cc2)[C@@H](C)C(=O)NC2CCCC2)c2ccccc2)cc1. The molecule has 0 radical (unpaired) electrons. The summed E-state index contributed by atoms with van der Waals surface area (Å²) in [6, 6.07) is 21.4. The first-order valence-corrected chi connectivity index (χ1v) is 16.1. The maximum absolute atomic E-state index is 14.0. The van der Waals surface area contributed by atoms with E-state index in [-0.39, 0.29) is 23.4 Å². The molecule has 4 rings (SSSR count). The largest absolute Gasteiger partial charge is 0.494 e. The van der Waals surface area contributed by atoms with Crippen LogP contribution in [0.5, 0.6) is 5.75 Å². The van der Waals surface area contributed by atoms with Crippen LogP contribution in [0.3, 0.4) is 0 Å². The van der Waals surface area contributed by atoms with E-state index in [2.05, 4.69) is 21.2 Å². The van der Waals surface area contributed by atoms with Gasteiger partial charge in [-0.1, -0.05) is 59.1 Å². The van der Waals surface area contributed by atoms with Crippen LogP contribution < -0.4 is 14.4 Å². The molecule has 1 aliphatic rings. The average Bonchev–Trinajstić information content (AvgIpc) is 3.49. The number of ether oxygens (including phenoxy) is 1. The summed E-state index contributed by atoms with van der Waals surface area (Å²) in [4.78, 5) is 28.8. The number of nitrogens with zero attached hydrogens (tertiary/aromatic N) is 2. The topological polar surface area (TPSA) is 96.0 Å². The first-order valence-electron chi connectivity index (χ1n) is 13.8. The highest BCUT2D eigenvalue weighted by Gasteiger charge is 2.33. The van der Waals surface area contributed by atoms with Gasteiger partial charge in [-0.2, -0.15) is 0 Å². The van der Waals surface area contributed by atoms with Crippen molar-refractivity contribution in [3.05, 3.63) is 88.9 Å². The van der Waals surface area contributed by atoms with E-state index in [4.69, 9.17) is 4.74 Å². The Morgan fingerprint density at radius 1 is 0.976 bits per heavy atom. The molecule has 1 fully saturated rings. The number of carbonyl (C=O) groups excluding carboxylic acids is 2. The second-order valence-corrected chi connectivity index (χ2v) is 12.8. The highest BCUT2D eigenvalue weighted by Crippen LogP contribution is 2.26. The molecule has 1 atom stereocenters. The zero-order chi connectivity index (χ0) is 29.4. The molecule has 3 aromatic rings. The van der Waals surface area contributed by atoms with Crippen molar-refractivity contribution in [1.82, 2.24) is 10.2 Å². The minimum atomic E-state index is -4.13. The lowest BCUT2D eigenvalue weighted by atomic mass is 10.1. The Morgan fingerprint density at radius 2 is 1.61 bits per heavy atom. The van der Waals surface area contributed by atoms with E-state index in [1.807, 2.05) is 31.2 Å². The number of halogens is 1. The van der Waals surface area contributed by atoms with Crippen molar-refractivity contribution in [2.24, 2.45) is 0 Å². The van der Waals surface area contributed by atoms with Crippen molar-refractivity contribution >= 4 is 43.5 Å². The van der Waals surface area contributed by atoms with Gasteiger partial charge in [0.25, 0.3) is 10.0 Å². The van der Waals surface area contributed by atoms with Gasteiger partial charge in [-0.05, 0) is 80.8 Å². The molecule has 0 bridgehead atoms. The third-order valence-electron chi connectivity index (χ3n) is 7.18. The Labute approximate surface area is 250 Å². The van der Waals surface area contributed by atoms with Crippen LogP contribution in [0.25, 0.3) is 0 Å². The minimum Gasteiger partial charge on any atom is -0.494 e. The molecule has 10 heteroatoms. The summed E-state index contributed by atoms with van der Waals surface area (Å²) < 4.78 is 35.3. The average molecular weight is 643 g/mol. The van der Waals surface area contributed by atoms with E-state index < -0.39 is 28.5 Å². The number of nitrogens with one attached hydrogen (secondary N) is 1. The first-order chi connectivity index (χ1) is 19.7. The van der Waals surface area contributed by atoms with Crippen LogP contribution in [0.1, 0.15) is 45.1 Å². The van der Waals surface area contributed by atoms with Gasteiger partial charge in [0.2, 0.25) is 11.8 Å². The monoisotopic (exact) mass is 641 g/mol. The van der Waals surface area contributed by atoms with Gasteiger partial charge in [0, 0.05) is 17.1 Å². The van der Waals surface area contributed by atoms with Crippen molar-refractivity contribution in [3.8, 4) is 5.75 Å². The fraction of sp³-hybridized carbons (Fsp3) is 0.355. The maximum Gasteiger partial charge on any atom is 0.264 e. The molecular formula is C31H36BrN3O5S. The normalized spacial score (nSPS) is 14.3. The number of hydrogen-bond donors (Lipinski definition) is 1. The molecule has 0 aromatic heterocycles. The fourth-order valence-electron chi connectivity index (χ4n) is 4.89. The summed E-state index contributed by atoms with van der Waals surface area (Å²) >= 11 is 3.43. The summed E-state index contributed by atoms with van der Waals surface area (Å²) in [6.07, 6.45) is 3.97. The molecule has 0 unspecified atom stereocenters. The van der Waals surface area contributed by atoms with Crippen molar-refractivity contribution in [2.45, 2.75) is 63.1 Å². The Balaban J connectivity index is 1.65. The summed E-state index contributed by atoms with van der Waals surface area (Å²) in [7, 11) is -4.13. The number of carbonyl (C=O) groups is 2. The van der Waals surface area contributed by atoms with Crippen molar-refractivity contribution < 1.29 is 22.7 Å². The molecule has 0 aliphatic heterocycles. The molecule has 2 amide bonds. The smallest absolute Gasteiger partial charge is 0.264 e. The van der Waals surface area contributed by atoms with Gasteiger partial charge in [-0.15, -0.1) is 0 Å². The van der Waals surface area contributed by atoms with Gasteiger partial charge in [0.05, 0.1) is 17.2 Å². The molecule has 1 saturated carbocycles.